The zero-order chi connectivity index (χ0) is 30.2. The Hall–Kier alpha value is -4.06. The van der Waals surface area contributed by atoms with E-state index in [0.29, 0.717) is 5.69 Å². The summed E-state index contributed by atoms with van der Waals surface area (Å²) in [5.74, 6) is 2.65. The van der Waals surface area contributed by atoms with Crippen LogP contribution in [0.2, 0.25) is 5.02 Å². The Morgan fingerprint density at radius 2 is 1.90 bits per heavy atom. The molecule has 3 atom stereocenters. The third-order valence-electron chi connectivity index (χ3n) is 7.64. The lowest BCUT2D eigenvalue weighted by Crippen LogP contribution is -2.47. The maximum absolute atomic E-state index is 15.4. The summed E-state index contributed by atoms with van der Waals surface area (Å²) in [4.78, 5) is 32.2. The number of sulfone groups is 1. The molecule has 5 rings (SSSR count). The largest absolute Gasteiger partial charge is 0.481 e. The number of rotatable bonds is 8. The standard InChI is InChI=1S/C30H28ClFN4O5S/c1-2-42(40,41)26-6-4-3-5-22(26)27-23(30(38)39)12-14-35(27)29(37)28(24-16-20(31)8-10-25(24)32)36(33)21-9-7-19-17-34-13-11-18(19)15-21/h3-11,13,15-17,23,27-28H,2,12,14,33H2,1H3,(H,38,39)/t23?,27?,28-/m1/s1. The molecule has 2 unspecified atom stereocenters. The molecule has 12 heteroatoms. The number of fused-ring (bicyclic) bond motifs is 1. The van der Waals surface area contributed by atoms with Crippen molar-refractivity contribution in [3.05, 3.63) is 101 Å². The number of aromatic nitrogens is 1. The van der Waals surface area contributed by atoms with Crippen molar-refractivity contribution >= 4 is 49.8 Å². The molecule has 1 amide bonds. The monoisotopic (exact) mass is 610 g/mol. The third-order valence-corrected chi connectivity index (χ3v) is 9.68. The Kier molecular flexibility index (Phi) is 8.18. The molecule has 0 bridgehead atoms. The number of carboxylic acids is 1. The van der Waals surface area contributed by atoms with Crippen molar-refractivity contribution in [2.45, 2.75) is 30.3 Å². The summed E-state index contributed by atoms with van der Waals surface area (Å²) in [6.07, 6.45) is 3.33. The first-order chi connectivity index (χ1) is 20.0. The zero-order valence-electron chi connectivity index (χ0n) is 22.5. The minimum atomic E-state index is -3.78. The number of benzene rings is 3. The highest BCUT2D eigenvalue weighted by atomic mass is 35.5. The molecule has 218 valence electrons. The van der Waals surface area contributed by atoms with E-state index < -0.39 is 45.5 Å². The van der Waals surface area contributed by atoms with Gasteiger partial charge < -0.3 is 10.0 Å². The van der Waals surface area contributed by atoms with Gasteiger partial charge in [-0.1, -0.05) is 42.8 Å². The molecular formula is C30H28ClFN4O5S. The predicted octanol–water partition coefficient (Wildman–Crippen LogP) is 4.92. The number of nitrogens with two attached hydrogens (primary N) is 1. The molecule has 0 spiro atoms. The van der Waals surface area contributed by atoms with Crippen LogP contribution in [0.5, 0.6) is 0 Å². The van der Waals surface area contributed by atoms with E-state index in [0.717, 1.165) is 21.8 Å². The fraction of sp³-hybridized carbons (Fsp3) is 0.233. The lowest BCUT2D eigenvalue weighted by atomic mass is 9.93. The van der Waals surface area contributed by atoms with Crippen LogP contribution in [0, 0.1) is 11.7 Å². The van der Waals surface area contributed by atoms with Gasteiger partial charge in [0.2, 0.25) is 0 Å². The highest BCUT2D eigenvalue weighted by Gasteiger charge is 2.47. The van der Waals surface area contributed by atoms with Crippen LogP contribution in [0.1, 0.15) is 36.6 Å². The second-order valence-corrected chi connectivity index (χ2v) is 12.7. The van der Waals surface area contributed by atoms with E-state index in [1.54, 1.807) is 48.8 Å². The topological polar surface area (TPSA) is 134 Å². The SMILES string of the molecule is CCS(=O)(=O)c1ccccc1C1C(C(=O)O)CCN1C(=O)[C@@H](c1cc(Cl)ccc1F)N(N)c1ccc2cnccc2c1. The van der Waals surface area contributed by atoms with E-state index in [2.05, 4.69) is 4.98 Å². The summed E-state index contributed by atoms with van der Waals surface area (Å²) >= 11 is 6.23. The molecule has 42 heavy (non-hydrogen) atoms. The fourth-order valence-electron chi connectivity index (χ4n) is 5.51. The van der Waals surface area contributed by atoms with E-state index in [1.165, 1.54) is 36.1 Å². The van der Waals surface area contributed by atoms with Crippen molar-refractivity contribution in [1.29, 1.82) is 0 Å². The Bertz CT molecular complexity index is 1790. The van der Waals surface area contributed by atoms with Gasteiger partial charge in [-0.2, -0.15) is 0 Å². The third kappa shape index (κ3) is 5.42. The van der Waals surface area contributed by atoms with Crippen LogP contribution >= 0.6 is 11.6 Å². The highest BCUT2D eigenvalue weighted by molar-refractivity contribution is 7.91. The molecule has 3 aromatic carbocycles. The number of amides is 1. The van der Waals surface area contributed by atoms with Crippen LogP contribution in [-0.2, 0) is 19.4 Å². The van der Waals surface area contributed by atoms with Gasteiger partial charge in [0, 0.05) is 34.9 Å². The van der Waals surface area contributed by atoms with Gasteiger partial charge in [0.15, 0.2) is 15.9 Å². The van der Waals surface area contributed by atoms with Gasteiger partial charge in [-0.15, -0.1) is 0 Å². The number of likely N-dealkylation sites (tertiary alicyclic amines) is 1. The number of hydrogen-bond donors (Lipinski definition) is 2. The Morgan fingerprint density at radius 1 is 1.14 bits per heavy atom. The van der Waals surface area contributed by atoms with Crippen molar-refractivity contribution in [1.82, 2.24) is 9.88 Å². The quantitative estimate of drug-likeness (QED) is 0.212. The molecular weight excluding hydrogens is 583 g/mol. The predicted molar refractivity (Wildman–Crippen MR) is 157 cm³/mol. The van der Waals surface area contributed by atoms with E-state index in [-0.39, 0.29) is 39.8 Å². The number of carboxylic acid groups (broad SMARTS) is 1. The molecule has 0 aliphatic carbocycles. The van der Waals surface area contributed by atoms with Crippen LogP contribution in [-0.4, -0.2) is 47.6 Å². The number of carbonyl (C=O) groups is 2. The number of halogens is 2. The summed E-state index contributed by atoms with van der Waals surface area (Å²) < 4.78 is 41.4. The molecule has 1 aliphatic rings. The number of pyridine rings is 1. The molecule has 9 nitrogen and oxygen atoms in total. The first kappa shape index (κ1) is 29.4. The number of aliphatic carboxylic acids is 1. The van der Waals surface area contributed by atoms with Crippen molar-refractivity contribution in [3.8, 4) is 0 Å². The van der Waals surface area contributed by atoms with Gasteiger partial charge in [-0.25, -0.2) is 18.7 Å². The van der Waals surface area contributed by atoms with E-state index in [1.807, 2.05) is 0 Å². The van der Waals surface area contributed by atoms with Gasteiger partial charge in [-0.3, -0.25) is 19.6 Å². The van der Waals surface area contributed by atoms with Gasteiger partial charge in [-0.05, 0) is 59.8 Å². The van der Waals surface area contributed by atoms with E-state index in [9.17, 15) is 23.1 Å². The molecule has 2 heterocycles. The fourth-order valence-corrected chi connectivity index (χ4v) is 6.84. The Balaban J connectivity index is 1.66. The molecule has 3 N–H and O–H groups in total. The maximum Gasteiger partial charge on any atom is 0.309 e. The molecule has 1 aliphatic heterocycles. The van der Waals surface area contributed by atoms with Gasteiger partial charge >= 0.3 is 5.97 Å². The molecule has 0 radical (unpaired) electrons. The molecule has 4 aromatic rings. The second kappa shape index (κ2) is 11.7. The number of hydrogen-bond acceptors (Lipinski definition) is 7. The summed E-state index contributed by atoms with van der Waals surface area (Å²) in [5, 5.41) is 13.0. The van der Waals surface area contributed by atoms with Gasteiger partial charge in [0.25, 0.3) is 5.91 Å². The normalized spacial score (nSPS) is 17.8. The van der Waals surface area contributed by atoms with Crippen molar-refractivity contribution in [2.24, 2.45) is 11.8 Å². The van der Waals surface area contributed by atoms with Crippen molar-refractivity contribution in [2.75, 3.05) is 17.3 Å². The summed E-state index contributed by atoms with van der Waals surface area (Å²) in [6, 6.07) is 14.1. The minimum Gasteiger partial charge on any atom is -0.481 e. The Morgan fingerprint density at radius 3 is 2.64 bits per heavy atom. The average Bonchev–Trinajstić information content (AvgIpc) is 3.44. The van der Waals surface area contributed by atoms with E-state index in [4.69, 9.17) is 17.4 Å². The molecule has 0 saturated carbocycles. The number of nitrogens with zero attached hydrogens (tertiary/aromatic N) is 3. The van der Waals surface area contributed by atoms with Gasteiger partial charge in [0.05, 0.1) is 28.3 Å². The highest BCUT2D eigenvalue weighted by Crippen LogP contribution is 2.43. The van der Waals surface area contributed by atoms with Crippen LogP contribution in [0.25, 0.3) is 10.8 Å². The number of carbonyl (C=O) groups excluding carboxylic acids is 1. The summed E-state index contributed by atoms with van der Waals surface area (Å²) in [6.45, 7) is 1.47. The Labute approximate surface area is 247 Å². The smallest absolute Gasteiger partial charge is 0.309 e. The lowest BCUT2D eigenvalue weighted by Gasteiger charge is -2.36. The van der Waals surface area contributed by atoms with Gasteiger partial charge in [0.1, 0.15) is 5.82 Å². The first-order valence-electron chi connectivity index (χ1n) is 13.2. The molecule has 1 saturated heterocycles. The van der Waals surface area contributed by atoms with Crippen molar-refractivity contribution in [3.63, 3.8) is 0 Å². The van der Waals surface area contributed by atoms with Crippen LogP contribution in [0.15, 0.2) is 84.0 Å². The lowest BCUT2D eigenvalue weighted by molar-refractivity contribution is -0.143. The van der Waals surface area contributed by atoms with Crippen LogP contribution in [0.4, 0.5) is 10.1 Å². The van der Waals surface area contributed by atoms with E-state index >= 15 is 4.39 Å². The molecule has 1 fully saturated rings. The second-order valence-electron chi connectivity index (χ2n) is 10.0. The minimum absolute atomic E-state index is 0.0170. The van der Waals surface area contributed by atoms with Crippen LogP contribution in [0.3, 0.4) is 0 Å². The summed E-state index contributed by atoms with van der Waals surface area (Å²) in [7, 11) is -3.78. The zero-order valence-corrected chi connectivity index (χ0v) is 24.1. The maximum atomic E-state index is 15.4. The summed E-state index contributed by atoms with van der Waals surface area (Å²) in [5.41, 5.74) is 0.451. The van der Waals surface area contributed by atoms with Crippen molar-refractivity contribution < 1.29 is 27.5 Å². The first-order valence-corrected chi connectivity index (χ1v) is 15.2. The number of hydrazine groups is 1. The van der Waals surface area contributed by atoms with Crippen LogP contribution < -0.4 is 10.9 Å². The number of anilines is 1. The average molecular weight is 611 g/mol. The molecule has 1 aromatic heterocycles.